The number of anilines is 1. The molecule has 5 rings (SSSR count). The van der Waals surface area contributed by atoms with Gasteiger partial charge in [0.15, 0.2) is 0 Å². The summed E-state index contributed by atoms with van der Waals surface area (Å²) in [6.45, 7) is 2.69. The molecule has 31 heavy (non-hydrogen) atoms. The lowest BCUT2D eigenvalue weighted by Crippen LogP contribution is -2.30. The molecule has 1 saturated heterocycles. The summed E-state index contributed by atoms with van der Waals surface area (Å²) in [6.07, 6.45) is 6.88. The quantitative estimate of drug-likeness (QED) is 0.664. The number of nitrogens with one attached hydrogen (secondary N) is 1. The molecule has 0 unspecified atom stereocenters. The normalized spacial score (nSPS) is 16.4. The van der Waals surface area contributed by atoms with Gasteiger partial charge in [-0.1, -0.05) is 24.3 Å². The highest BCUT2D eigenvalue weighted by molar-refractivity contribution is 5.97. The zero-order chi connectivity index (χ0) is 21.2. The van der Waals surface area contributed by atoms with Crippen LogP contribution in [0.15, 0.2) is 48.5 Å². The molecule has 0 spiro atoms. The standard InChI is InChI=1S/C26H29N3O2/c30-25-13-7-12-24-22(21-10-2-3-11-23(21)29(24)25)14-15-27-26(31)19-8-6-9-20(18-19)28-16-4-1-5-17-28/h2-3,6,8-11,18H,1,4-5,7,12-17H2,(H,27,31). The van der Waals surface area contributed by atoms with Crippen LogP contribution in [0, 0.1) is 0 Å². The first-order valence-electron chi connectivity index (χ1n) is 11.5. The Labute approximate surface area is 183 Å². The SMILES string of the molecule is O=C(NCCc1c2n(c3ccccc13)C(=O)CCC2)c1cccc(N2CCCCC2)c1. The molecule has 0 radical (unpaired) electrons. The van der Waals surface area contributed by atoms with Crippen LogP contribution >= 0.6 is 0 Å². The van der Waals surface area contributed by atoms with Crippen molar-refractivity contribution >= 4 is 28.4 Å². The van der Waals surface area contributed by atoms with Crippen LogP contribution in [0.1, 0.15) is 58.5 Å². The van der Waals surface area contributed by atoms with Crippen LogP contribution in [0.4, 0.5) is 5.69 Å². The predicted octanol–water partition coefficient (Wildman–Crippen LogP) is 4.58. The molecule has 1 fully saturated rings. The largest absolute Gasteiger partial charge is 0.372 e. The van der Waals surface area contributed by atoms with E-state index in [4.69, 9.17) is 0 Å². The molecule has 2 aromatic carbocycles. The van der Waals surface area contributed by atoms with Crippen molar-refractivity contribution in [1.82, 2.24) is 9.88 Å². The second-order valence-electron chi connectivity index (χ2n) is 8.63. The molecule has 160 valence electrons. The van der Waals surface area contributed by atoms with Crippen LogP contribution in [-0.2, 0) is 12.8 Å². The maximum absolute atomic E-state index is 12.8. The molecular formula is C26H29N3O2. The highest BCUT2D eigenvalue weighted by Crippen LogP contribution is 2.31. The lowest BCUT2D eigenvalue weighted by atomic mass is 10.0. The van der Waals surface area contributed by atoms with Crippen molar-refractivity contribution in [2.24, 2.45) is 0 Å². The number of hydrogen-bond acceptors (Lipinski definition) is 3. The van der Waals surface area contributed by atoms with Gasteiger partial charge in [0.05, 0.1) is 5.52 Å². The summed E-state index contributed by atoms with van der Waals surface area (Å²) >= 11 is 0. The van der Waals surface area contributed by atoms with E-state index in [1.165, 1.54) is 24.8 Å². The molecule has 1 amide bonds. The Morgan fingerprint density at radius 2 is 1.77 bits per heavy atom. The Morgan fingerprint density at radius 1 is 0.935 bits per heavy atom. The number of carbonyl (C=O) groups is 2. The van der Waals surface area contributed by atoms with Gasteiger partial charge in [0.2, 0.25) is 5.91 Å². The van der Waals surface area contributed by atoms with E-state index in [2.05, 4.69) is 22.3 Å². The van der Waals surface area contributed by atoms with Crippen LogP contribution in [0.3, 0.4) is 0 Å². The summed E-state index contributed by atoms with van der Waals surface area (Å²) in [5.41, 5.74) is 5.17. The van der Waals surface area contributed by atoms with E-state index < -0.39 is 0 Å². The zero-order valence-corrected chi connectivity index (χ0v) is 17.9. The Balaban J connectivity index is 1.30. The first kappa shape index (κ1) is 19.9. The first-order chi connectivity index (χ1) is 15.2. The van der Waals surface area contributed by atoms with Crippen LogP contribution in [0.2, 0.25) is 0 Å². The molecule has 3 aromatic rings. The average Bonchev–Trinajstić information content (AvgIpc) is 3.14. The van der Waals surface area contributed by atoms with E-state index in [1.54, 1.807) is 0 Å². The van der Waals surface area contributed by atoms with Crippen LogP contribution in [0.25, 0.3) is 10.9 Å². The number of carbonyl (C=O) groups excluding carboxylic acids is 2. The summed E-state index contributed by atoms with van der Waals surface area (Å²) in [6, 6.07) is 16.1. The van der Waals surface area contributed by atoms with E-state index in [-0.39, 0.29) is 11.8 Å². The van der Waals surface area contributed by atoms with Crippen LogP contribution < -0.4 is 10.2 Å². The van der Waals surface area contributed by atoms with Crippen LogP contribution in [-0.4, -0.2) is 36.0 Å². The number of rotatable bonds is 5. The highest BCUT2D eigenvalue weighted by Gasteiger charge is 2.24. The van der Waals surface area contributed by atoms with E-state index in [9.17, 15) is 9.59 Å². The summed E-state index contributed by atoms with van der Waals surface area (Å²) in [4.78, 5) is 27.7. The van der Waals surface area contributed by atoms with E-state index in [0.29, 0.717) is 18.5 Å². The van der Waals surface area contributed by atoms with Gasteiger partial charge in [0, 0.05) is 48.4 Å². The molecule has 5 heteroatoms. The van der Waals surface area contributed by atoms with Gasteiger partial charge < -0.3 is 10.2 Å². The smallest absolute Gasteiger partial charge is 0.251 e. The van der Waals surface area contributed by atoms with Crippen molar-refractivity contribution in [3.05, 3.63) is 65.4 Å². The molecule has 1 N–H and O–H groups in total. The molecule has 0 atom stereocenters. The number of aromatic nitrogens is 1. The molecule has 0 aliphatic carbocycles. The average molecular weight is 416 g/mol. The Morgan fingerprint density at radius 3 is 2.65 bits per heavy atom. The lowest BCUT2D eigenvalue weighted by molar-refractivity contribution is 0.0887. The van der Waals surface area contributed by atoms with Crippen molar-refractivity contribution in [3.63, 3.8) is 0 Å². The molecule has 2 aliphatic rings. The first-order valence-corrected chi connectivity index (χ1v) is 11.5. The number of amides is 1. The van der Waals surface area contributed by atoms with Gasteiger partial charge in [-0.2, -0.15) is 0 Å². The highest BCUT2D eigenvalue weighted by atomic mass is 16.2. The number of fused-ring (bicyclic) bond motifs is 3. The molecule has 2 aliphatic heterocycles. The topological polar surface area (TPSA) is 54.3 Å². The number of nitrogens with zero attached hydrogens (tertiary/aromatic N) is 2. The summed E-state index contributed by atoms with van der Waals surface area (Å²) < 4.78 is 1.90. The van der Waals surface area contributed by atoms with Crippen molar-refractivity contribution in [2.75, 3.05) is 24.5 Å². The second kappa shape index (κ2) is 8.58. The number of piperidine rings is 1. The minimum Gasteiger partial charge on any atom is -0.372 e. The Kier molecular flexibility index (Phi) is 5.49. The number of para-hydroxylation sites is 1. The minimum atomic E-state index is -0.0349. The lowest BCUT2D eigenvalue weighted by Gasteiger charge is -2.29. The molecule has 0 bridgehead atoms. The van der Waals surface area contributed by atoms with Gasteiger partial charge in [-0.05, 0) is 68.4 Å². The molecule has 5 nitrogen and oxygen atoms in total. The van der Waals surface area contributed by atoms with E-state index in [0.717, 1.165) is 54.6 Å². The third-order valence-electron chi connectivity index (χ3n) is 6.63. The number of benzene rings is 2. The van der Waals surface area contributed by atoms with Gasteiger partial charge in [-0.3, -0.25) is 14.2 Å². The van der Waals surface area contributed by atoms with Gasteiger partial charge in [-0.25, -0.2) is 0 Å². The van der Waals surface area contributed by atoms with E-state index in [1.807, 2.05) is 41.0 Å². The van der Waals surface area contributed by atoms with Gasteiger partial charge in [0.25, 0.3) is 5.91 Å². The van der Waals surface area contributed by atoms with E-state index >= 15 is 0 Å². The maximum Gasteiger partial charge on any atom is 0.251 e. The monoisotopic (exact) mass is 415 g/mol. The predicted molar refractivity (Wildman–Crippen MR) is 124 cm³/mol. The van der Waals surface area contributed by atoms with Crippen molar-refractivity contribution in [3.8, 4) is 0 Å². The minimum absolute atomic E-state index is 0.0349. The van der Waals surface area contributed by atoms with Gasteiger partial charge in [-0.15, -0.1) is 0 Å². The molecule has 3 heterocycles. The fourth-order valence-electron chi connectivity index (χ4n) is 5.10. The number of hydrogen-bond donors (Lipinski definition) is 1. The van der Waals surface area contributed by atoms with Crippen molar-refractivity contribution in [1.29, 1.82) is 0 Å². The maximum atomic E-state index is 12.8. The van der Waals surface area contributed by atoms with Crippen molar-refractivity contribution in [2.45, 2.75) is 44.9 Å². The summed E-state index contributed by atoms with van der Waals surface area (Å²) in [5, 5.41) is 4.23. The third kappa shape index (κ3) is 3.85. The molecular weight excluding hydrogens is 386 g/mol. The summed E-state index contributed by atoms with van der Waals surface area (Å²) in [7, 11) is 0. The fraction of sp³-hybridized carbons (Fsp3) is 0.385. The van der Waals surface area contributed by atoms with Crippen molar-refractivity contribution < 1.29 is 9.59 Å². The van der Waals surface area contributed by atoms with Gasteiger partial charge >= 0.3 is 0 Å². The Hall–Kier alpha value is -3.08. The Bertz CT molecular complexity index is 1120. The van der Waals surface area contributed by atoms with Crippen LogP contribution in [0.5, 0.6) is 0 Å². The second-order valence-corrected chi connectivity index (χ2v) is 8.63. The van der Waals surface area contributed by atoms with Gasteiger partial charge in [0.1, 0.15) is 0 Å². The molecule has 1 aromatic heterocycles. The molecule has 0 saturated carbocycles. The zero-order valence-electron chi connectivity index (χ0n) is 17.9. The summed E-state index contributed by atoms with van der Waals surface area (Å²) in [5.74, 6) is 0.148. The third-order valence-corrected chi connectivity index (χ3v) is 6.63. The fourth-order valence-corrected chi connectivity index (χ4v) is 5.10.